The number of rotatable bonds is 8. The Balaban J connectivity index is 2.23. The van der Waals surface area contributed by atoms with Crippen molar-refractivity contribution in [2.75, 3.05) is 31.8 Å². The van der Waals surface area contributed by atoms with Crippen LogP contribution in [-0.2, 0) is 10.8 Å². The molecular formula is C12H18O4S. The van der Waals surface area contributed by atoms with E-state index >= 15 is 0 Å². The Morgan fingerprint density at radius 2 is 1.82 bits per heavy atom. The second-order valence-electron chi connectivity index (χ2n) is 3.45. The summed E-state index contributed by atoms with van der Waals surface area (Å²) in [5.74, 6) is 2.54. The van der Waals surface area contributed by atoms with E-state index in [0.29, 0.717) is 24.5 Å². The lowest BCUT2D eigenvalue weighted by atomic mass is 10.3. The predicted molar refractivity (Wildman–Crippen MR) is 68.1 cm³/mol. The van der Waals surface area contributed by atoms with E-state index in [2.05, 4.69) is 0 Å². The van der Waals surface area contributed by atoms with Crippen LogP contribution >= 0.6 is 0 Å². The topological polar surface area (TPSA) is 55.8 Å². The van der Waals surface area contributed by atoms with Gasteiger partial charge < -0.3 is 14.6 Å². The van der Waals surface area contributed by atoms with Crippen molar-refractivity contribution < 1.29 is 18.8 Å². The largest absolute Gasteiger partial charge is 0.497 e. The zero-order valence-corrected chi connectivity index (χ0v) is 10.7. The van der Waals surface area contributed by atoms with Gasteiger partial charge in [0.05, 0.1) is 19.5 Å². The highest BCUT2D eigenvalue weighted by molar-refractivity contribution is 7.84. The molecule has 1 N–H and O–H groups in total. The van der Waals surface area contributed by atoms with Gasteiger partial charge >= 0.3 is 0 Å². The van der Waals surface area contributed by atoms with E-state index in [0.717, 1.165) is 11.5 Å². The van der Waals surface area contributed by atoms with Gasteiger partial charge in [-0.3, -0.25) is 4.21 Å². The molecule has 0 radical (unpaired) electrons. The van der Waals surface area contributed by atoms with E-state index in [1.54, 1.807) is 7.11 Å². The zero-order valence-electron chi connectivity index (χ0n) is 9.93. The van der Waals surface area contributed by atoms with Crippen molar-refractivity contribution in [2.45, 2.75) is 6.42 Å². The number of hydrogen-bond acceptors (Lipinski definition) is 4. The lowest BCUT2D eigenvalue weighted by Crippen LogP contribution is -2.11. The molecule has 0 heterocycles. The number of benzene rings is 1. The molecule has 0 aromatic heterocycles. The number of hydrogen-bond donors (Lipinski definition) is 1. The highest BCUT2D eigenvalue weighted by atomic mass is 32.2. The van der Waals surface area contributed by atoms with Crippen molar-refractivity contribution in [3.63, 3.8) is 0 Å². The van der Waals surface area contributed by atoms with Crippen LogP contribution in [0.3, 0.4) is 0 Å². The van der Waals surface area contributed by atoms with Crippen LogP contribution in [0.4, 0.5) is 0 Å². The summed E-state index contributed by atoms with van der Waals surface area (Å²) in [6, 6.07) is 7.26. The van der Waals surface area contributed by atoms with Crippen molar-refractivity contribution in [3.05, 3.63) is 24.3 Å². The minimum Gasteiger partial charge on any atom is -0.497 e. The first kappa shape index (κ1) is 14.0. The Kier molecular flexibility index (Phi) is 6.65. The molecule has 0 aliphatic heterocycles. The Labute approximate surface area is 104 Å². The number of methoxy groups -OCH3 is 1. The molecule has 0 aliphatic carbocycles. The quantitative estimate of drug-likeness (QED) is 0.761. The molecular weight excluding hydrogens is 240 g/mol. The second kappa shape index (κ2) is 8.08. The summed E-state index contributed by atoms with van der Waals surface area (Å²) in [6.07, 6.45) is 0.579. The summed E-state index contributed by atoms with van der Waals surface area (Å²) in [5.41, 5.74) is 0. The van der Waals surface area contributed by atoms with Gasteiger partial charge in [0.1, 0.15) is 11.5 Å². The van der Waals surface area contributed by atoms with Crippen molar-refractivity contribution in [2.24, 2.45) is 0 Å². The number of aliphatic hydroxyl groups excluding tert-OH is 1. The van der Waals surface area contributed by atoms with E-state index in [1.165, 1.54) is 0 Å². The molecule has 17 heavy (non-hydrogen) atoms. The van der Waals surface area contributed by atoms with E-state index < -0.39 is 10.8 Å². The molecule has 0 amide bonds. The van der Waals surface area contributed by atoms with Crippen molar-refractivity contribution in [1.82, 2.24) is 0 Å². The van der Waals surface area contributed by atoms with E-state index in [-0.39, 0.29) is 6.61 Å². The van der Waals surface area contributed by atoms with Gasteiger partial charge in [-0.1, -0.05) is 0 Å². The molecule has 0 spiro atoms. The highest BCUT2D eigenvalue weighted by Gasteiger charge is 2.00. The average Bonchev–Trinajstić information content (AvgIpc) is 2.37. The van der Waals surface area contributed by atoms with E-state index in [9.17, 15) is 4.21 Å². The first-order valence-corrected chi connectivity index (χ1v) is 6.97. The average molecular weight is 258 g/mol. The molecule has 1 aromatic rings. The van der Waals surface area contributed by atoms with Crippen LogP contribution < -0.4 is 9.47 Å². The predicted octanol–water partition coefficient (Wildman–Crippen LogP) is 1.21. The molecule has 1 aromatic carbocycles. The SMILES string of the molecule is COc1ccc(OCCS(=O)CCCO)cc1. The van der Waals surface area contributed by atoms with Gasteiger partial charge in [0.15, 0.2) is 0 Å². The van der Waals surface area contributed by atoms with Crippen LogP contribution in [0.25, 0.3) is 0 Å². The van der Waals surface area contributed by atoms with Crippen LogP contribution in [0, 0.1) is 0 Å². The van der Waals surface area contributed by atoms with Gasteiger partial charge in [0, 0.05) is 23.2 Å². The van der Waals surface area contributed by atoms with Crippen molar-refractivity contribution in [3.8, 4) is 11.5 Å². The lowest BCUT2D eigenvalue weighted by molar-refractivity contribution is 0.295. The molecule has 0 bridgehead atoms. The Bertz CT molecular complexity index is 337. The third-order valence-corrected chi connectivity index (χ3v) is 3.54. The Morgan fingerprint density at radius 3 is 2.41 bits per heavy atom. The van der Waals surface area contributed by atoms with Crippen molar-refractivity contribution >= 4 is 10.8 Å². The molecule has 0 saturated heterocycles. The van der Waals surface area contributed by atoms with E-state index in [1.807, 2.05) is 24.3 Å². The zero-order chi connectivity index (χ0) is 12.5. The maximum atomic E-state index is 11.4. The minimum absolute atomic E-state index is 0.0884. The molecule has 0 aliphatic rings. The van der Waals surface area contributed by atoms with Gasteiger partial charge in [0.2, 0.25) is 0 Å². The molecule has 1 unspecified atom stereocenters. The fourth-order valence-electron chi connectivity index (χ4n) is 1.25. The molecule has 0 saturated carbocycles. The highest BCUT2D eigenvalue weighted by Crippen LogP contribution is 2.16. The molecule has 1 atom stereocenters. The van der Waals surface area contributed by atoms with Gasteiger partial charge in [0.25, 0.3) is 0 Å². The minimum atomic E-state index is -0.909. The molecule has 1 rings (SSSR count). The summed E-state index contributed by atoms with van der Waals surface area (Å²) in [5, 5.41) is 8.59. The first-order valence-electron chi connectivity index (χ1n) is 5.49. The summed E-state index contributed by atoms with van der Waals surface area (Å²) in [4.78, 5) is 0. The summed E-state index contributed by atoms with van der Waals surface area (Å²) >= 11 is 0. The third-order valence-electron chi connectivity index (χ3n) is 2.17. The smallest absolute Gasteiger partial charge is 0.119 e. The monoisotopic (exact) mass is 258 g/mol. The molecule has 4 nitrogen and oxygen atoms in total. The van der Waals surface area contributed by atoms with Gasteiger partial charge in [-0.2, -0.15) is 0 Å². The summed E-state index contributed by atoms with van der Waals surface area (Å²) in [7, 11) is 0.702. The first-order chi connectivity index (χ1) is 8.26. The van der Waals surface area contributed by atoms with Crippen molar-refractivity contribution in [1.29, 1.82) is 0 Å². The molecule has 96 valence electrons. The van der Waals surface area contributed by atoms with Gasteiger partial charge in [-0.05, 0) is 30.7 Å². The summed E-state index contributed by atoms with van der Waals surface area (Å²) in [6.45, 7) is 0.509. The normalized spacial score (nSPS) is 12.1. The Morgan fingerprint density at radius 1 is 1.18 bits per heavy atom. The molecule has 5 heteroatoms. The Hall–Kier alpha value is -1.07. The van der Waals surface area contributed by atoms with Crippen LogP contribution in [-0.4, -0.2) is 41.1 Å². The van der Waals surface area contributed by atoms with Crippen LogP contribution in [0.1, 0.15) is 6.42 Å². The standard InChI is InChI=1S/C12H18O4S/c1-15-11-3-5-12(6-4-11)16-8-10-17(14)9-2-7-13/h3-6,13H,2,7-10H2,1H3. The van der Waals surface area contributed by atoms with Crippen LogP contribution in [0.2, 0.25) is 0 Å². The maximum absolute atomic E-state index is 11.4. The van der Waals surface area contributed by atoms with Crippen LogP contribution in [0.15, 0.2) is 24.3 Å². The molecule has 0 fully saturated rings. The van der Waals surface area contributed by atoms with Crippen LogP contribution in [0.5, 0.6) is 11.5 Å². The third kappa shape index (κ3) is 5.70. The fraction of sp³-hybridized carbons (Fsp3) is 0.500. The van der Waals surface area contributed by atoms with Gasteiger partial charge in [-0.25, -0.2) is 0 Å². The lowest BCUT2D eigenvalue weighted by Gasteiger charge is -2.06. The fourth-order valence-corrected chi connectivity index (χ4v) is 2.18. The summed E-state index contributed by atoms with van der Waals surface area (Å²) < 4.78 is 21.9. The maximum Gasteiger partial charge on any atom is 0.119 e. The van der Waals surface area contributed by atoms with Gasteiger partial charge in [-0.15, -0.1) is 0 Å². The van der Waals surface area contributed by atoms with E-state index in [4.69, 9.17) is 14.6 Å². The second-order valence-corrected chi connectivity index (χ2v) is 5.15. The number of ether oxygens (including phenoxy) is 2. The number of aliphatic hydroxyl groups is 1.